The summed E-state index contributed by atoms with van der Waals surface area (Å²) in [6, 6.07) is 11.6. The van der Waals surface area contributed by atoms with Crippen LogP contribution in [0.4, 0.5) is 10.1 Å². The topological polar surface area (TPSA) is 101 Å². The van der Waals surface area contributed by atoms with E-state index in [9.17, 15) is 14.3 Å². The average molecular weight is 420 g/mol. The molecule has 3 atom stereocenters. The summed E-state index contributed by atoms with van der Waals surface area (Å²) in [4.78, 5) is 21.5. The van der Waals surface area contributed by atoms with Gasteiger partial charge in [-0.15, -0.1) is 0 Å². The number of aromatic nitrogens is 2. The number of anilines is 1. The van der Waals surface area contributed by atoms with Crippen molar-refractivity contribution in [1.29, 1.82) is 0 Å². The number of pyridine rings is 2. The van der Waals surface area contributed by atoms with Gasteiger partial charge in [-0.05, 0) is 67.5 Å². The smallest absolute Gasteiger partial charge is 0.274 e. The van der Waals surface area contributed by atoms with Gasteiger partial charge in [-0.2, -0.15) is 0 Å². The standard InChI is InChI=1S/C24H25FN4O2/c1-14-4-2-5-17(23(14)25)19-6-3-7-20(28-19)24(31)29-21-13-27-11-10-16(21)15-8-9-22(30)18(26)12-15/h2-7,10-11,13,15,18,22,30H,8-9,12,26H2,1H3,(H,29,31)/t15-,18-,22+/m1/s1. The molecule has 4 rings (SSSR count). The summed E-state index contributed by atoms with van der Waals surface area (Å²) in [7, 11) is 0. The van der Waals surface area contributed by atoms with Gasteiger partial charge < -0.3 is 16.2 Å². The number of aryl methyl sites for hydroxylation is 1. The number of rotatable bonds is 4. The van der Waals surface area contributed by atoms with Gasteiger partial charge in [0.05, 0.1) is 23.7 Å². The normalized spacial score (nSPS) is 21.0. The first-order valence-electron chi connectivity index (χ1n) is 10.4. The molecular weight excluding hydrogens is 395 g/mol. The molecule has 1 fully saturated rings. The summed E-state index contributed by atoms with van der Waals surface area (Å²) in [5, 5.41) is 12.8. The average Bonchev–Trinajstić information content (AvgIpc) is 2.78. The molecular formula is C24H25FN4O2. The van der Waals surface area contributed by atoms with E-state index in [0.29, 0.717) is 35.3 Å². The minimum absolute atomic E-state index is 0.123. The number of hydrogen-bond acceptors (Lipinski definition) is 5. The van der Waals surface area contributed by atoms with E-state index in [2.05, 4.69) is 15.3 Å². The van der Waals surface area contributed by atoms with Gasteiger partial charge in [0, 0.05) is 17.8 Å². The van der Waals surface area contributed by atoms with Gasteiger partial charge >= 0.3 is 0 Å². The van der Waals surface area contributed by atoms with Gasteiger partial charge in [0.1, 0.15) is 11.5 Å². The molecule has 2 aromatic heterocycles. The summed E-state index contributed by atoms with van der Waals surface area (Å²) in [6.45, 7) is 1.69. The molecule has 1 aliphatic rings. The molecule has 1 amide bonds. The van der Waals surface area contributed by atoms with Gasteiger partial charge in [0.2, 0.25) is 0 Å². The molecule has 2 heterocycles. The van der Waals surface area contributed by atoms with Crippen LogP contribution >= 0.6 is 0 Å². The third-order valence-electron chi connectivity index (χ3n) is 5.85. The maximum Gasteiger partial charge on any atom is 0.274 e. The minimum atomic E-state index is -0.495. The van der Waals surface area contributed by atoms with E-state index in [4.69, 9.17) is 5.73 Å². The summed E-state index contributed by atoms with van der Waals surface area (Å²) >= 11 is 0. The summed E-state index contributed by atoms with van der Waals surface area (Å²) < 4.78 is 14.5. The molecule has 0 saturated heterocycles. The van der Waals surface area contributed by atoms with E-state index in [1.807, 2.05) is 6.07 Å². The number of halogens is 1. The summed E-state index contributed by atoms with van der Waals surface area (Å²) in [5.74, 6) is -0.625. The van der Waals surface area contributed by atoms with Crippen molar-refractivity contribution in [1.82, 2.24) is 9.97 Å². The quantitative estimate of drug-likeness (QED) is 0.596. The highest BCUT2D eigenvalue weighted by atomic mass is 19.1. The van der Waals surface area contributed by atoms with Crippen molar-refractivity contribution in [3.05, 3.63) is 77.5 Å². The van der Waals surface area contributed by atoms with E-state index in [-0.39, 0.29) is 23.5 Å². The van der Waals surface area contributed by atoms with E-state index in [1.165, 1.54) is 0 Å². The second-order valence-corrected chi connectivity index (χ2v) is 8.00. The number of aliphatic hydroxyl groups excluding tert-OH is 1. The molecule has 4 N–H and O–H groups in total. The van der Waals surface area contributed by atoms with Crippen LogP contribution in [0, 0.1) is 12.7 Å². The number of nitrogens with zero attached hydrogens (tertiary/aromatic N) is 2. The molecule has 0 unspecified atom stereocenters. The molecule has 0 aliphatic heterocycles. The van der Waals surface area contributed by atoms with Crippen LogP contribution in [0.2, 0.25) is 0 Å². The Labute approximate surface area is 180 Å². The van der Waals surface area contributed by atoms with Crippen molar-refractivity contribution in [3.63, 3.8) is 0 Å². The number of carbonyl (C=O) groups excluding carboxylic acids is 1. The fraction of sp³-hybridized carbons (Fsp3) is 0.292. The lowest BCUT2D eigenvalue weighted by atomic mass is 9.80. The molecule has 31 heavy (non-hydrogen) atoms. The number of nitrogens with two attached hydrogens (primary N) is 1. The Bertz CT molecular complexity index is 1100. The Balaban J connectivity index is 1.58. The zero-order chi connectivity index (χ0) is 22.0. The fourth-order valence-corrected chi connectivity index (χ4v) is 4.08. The zero-order valence-corrected chi connectivity index (χ0v) is 17.3. The maximum atomic E-state index is 14.5. The molecule has 1 aromatic carbocycles. The van der Waals surface area contributed by atoms with Crippen LogP contribution in [0.5, 0.6) is 0 Å². The fourth-order valence-electron chi connectivity index (χ4n) is 4.08. The van der Waals surface area contributed by atoms with Crippen LogP contribution in [-0.4, -0.2) is 33.1 Å². The molecule has 1 saturated carbocycles. The van der Waals surface area contributed by atoms with E-state index in [1.54, 1.807) is 55.7 Å². The Morgan fingerprint density at radius 1 is 1.19 bits per heavy atom. The SMILES string of the molecule is Cc1cccc(-c2cccc(C(=O)Nc3cnccc3[C@@H]3CC[C@H](O)[C@H](N)C3)n2)c1F. The maximum absolute atomic E-state index is 14.5. The predicted octanol–water partition coefficient (Wildman–Crippen LogP) is 3.80. The molecule has 1 aliphatic carbocycles. The van der Waals surface area contributed by atoms with Gasteiger partial charge in [-0.25, -0.2) is 9.37 Å². The molecule has 7 heteroatoms. The van der Waals surface area contributed by atoms with Gasteiger partial charge in [-0.1, -0.05) is 18.2 Å². The Morgan fingerprint density at radius 2 is 2.00 bits per heavy atom. The number of benzene rings is 1. The summed E-state index contributed by atoms with van der Waals surface area (Å²) in [6.07, 6.45) is 4.82. The van der Waals surface area contributed by atoms with Crippen molar-refractivity contribution < 1.29 is 14.3 Å². The lowest BCUT2D eigenvalue weighted by molar-refractivity contribution is 0.0998. The largest absolute Gasteiger partial charge is 0.392 e. The molecule has 0 bridgehead atoms. The highest BCUT2D eigenvalue weighted by Crippen LogP contribution is 2.36. The van der Waals surface area contributed by atoms with Crippen molar-refractivity contribution in [2.45, 2.75) is 44.2 Å². The van der Waals surface area contributed by atoms with Gasteiger partial charge in [0.15, 0.2) is 0 Å². The lowest BCUT2D eigenvalue weighted by Crippen LogP contribution is -2.39. The van der Waals surface area contributed by atoms with E-state index < -0.39 is 12.0 Å². The monoisotopic (exact) mass is 420 g/mol. The Kier molecular flexibility index (Phi) is 6.06. The molecule has 160 valence electrons. The molecule has 0 spiro atoms. The van der Waals surface area contributed by atoms with Crippen molar-refractivity contribution in [3.8, 4) is 11.3 Å². The Morgan fingerprint density at radius 3 is 2.81 bits per heavy atom. The highest BCUT2D eigenvalue weighted by Gasteiger charge is 2.29. The highest BCUT2D eigenvalue weighted by molar-refractivity contribution is 6.03. The first-order valence-corrected chi connectivity index (χ1v) is 10.4. The van der Waals surface area contributed by atoms with Crippen molar-refractivity contribution >= 4 is 11.6 Å². The van der Waals surface area contributed by atoms with Crippen molar-refractivity contribution in [2.24, 2.45) is 5.73 Å². The molecule has 0 radical (unpaired) electrons. The van der Waals surface area contributed by atoms with Crippen LogP contribution in [0.15, 0.2) is 54.9 Å². The first kappa shape index (κ1) is 21.1. The number of hydrogen-bond donors (Lipinski definition) is 3. The number of carbonyl (C=O) groups is 1. The Hall–Kier alpha value is -3.16. The first-order chi connectivity index (χ1) is 14.9. The third-order valence-corrected chi connectivity index (χ3v) is 5.85. The number of amides is 1. The van der Waals surface area contributed by atoms with Gasteiger partial charge in [-0.3, -0.25) is 9.78 Å². The van der Waals surface area contributed by atoms with E-state index in [0.717, 1.165) is 12.0 Å². The molecule has 3 aromatic rings. The van der Waals surface area contributed by atoms with Crippen LogP contribution < -0.4 is 11.1 Å². The van der Waals surface area contributed by atoms with Gasteiger partial charge in [0.25, 0.3) is 5.91 Å². The van der Waals surface area contributed by atoms with Crippen LogP contribution in [0.25, 0.3) is 11.3 Å². The van der Waals surface area contributed by atoms with Crippen LogP contribution in [-0.2, 0) is 0 Å². The third kappa shape index (κ3) is 4.47. The van der Waals surface area contributed by atoms with Crippen LogP contribution in [0.3, 0.4) is 0 Å². The minimum Gasteiger partial charge on any atom is -0.392 e. The lowest BCUT2D eigenvalue weighted by Gasteiger charge is -2.32. The second kappa shape index (κ2) is 8.91. The number of nitrogens with one attached hydrogen (secondary N) is 1. The summed E-state index contributed by atoms with van der Waals surface area (Å²) in [5.41, 5.74) is 9.03. The van der Waals surface area contributed by atoms with Crippen LogP contribution in [0.1, 0.15) is 46.8 Å². The van der Waals surface area contributed by atoms with Crippen molar-refractivity contribution in [2.75, 3.05) is 5.32 Å². The molecule has 6 nitrogen and oxygen atoms in total. The number of aliphatic hydroxyl groups is 1. The predicted molar refractivity (Wildman–Crippen MR) is 117 cm³/mol. The zero-order valence-electron chi connectivity index (χ0n) is 17.3. The van der Waals surface area contributed by atoms with E-state index >= 15 is 0 Å². The second-order valence-electron chi connectivity index (χ2n) is 8.00.